The molecule has 0 saturated heterocycles. The molecule has 0 N–H and O–H groups in total. The minimum atomic E-state index is -4.55. The largest absolute Gasteiger partial charge is 2.00 e. The van der Waals surface area contributed by atoms with E-state index >= 15 is 8.78 Å². The van der Waals surface area contributed by atoms with Crippen LogP contribution in [0, 0.1) is 35.4 Å². The molecule has 0 fully saturated rings. The smallest absolute Gasteiger partial charge is 0.325 e. The summed E-state index contributed by atoms with van der Waals surface area (Å²) in [6.07, 6.45) is 0. The molecule has 4 aromatic carbocycles. The second kappa shape index (κ2) is 15.3. The Kier molecular flexibility index (Phi) is 11.3. The van der Waals surface area contributed by atoms with Gasteiger partial charge in [-0.05, 0) is 61.6 Å². The molecule has 50 heavy (non-hydrogen) atoms. The first-order valence-corrected chi connectivity index (χ1v) is 16.8. The van der Waals surface area contributed by atoms with E-state index < -0.39 is 48.3 Å². The fraction of sp³-hybridized carbons (Fsp3) is 0.0811. The Morgan fingerprint density at radius 1 is 0.680 bits per heavy atom. The second-order valence-corrected chi connectivity index (χ2v) is 13.7. The predicted molar refractivity (Wildman–Crippen MR) is 175 cm³/mol. The van der Waals surface area contributed by atoms with E-state index in [0.29, 0.717) is 29.2 Å². The van der Waals surface area contributed by atoms with Crippen molar-refractivity contribution < 1.29 is 56.3 Å². The molecule has 13 heteroatoms. The van der Waals surface area contributed by atoms with Gasteiger partial charge in [-0.1, -0.05) is 71.8 Å². The van der Waals surface area contributed by atoms with Crippen LogP contribution in [0.2, 0.25) is 0 Å². The van der Waals surface area contributed by atoms with Crippen molar-refractivity contribution in [2.45, 2.75) is 33.9 Å². The molecule has 0 bridgehead atoms. The number of sulfone groups is 1. The first-order valence-electron chi connectivity index (χ1n) is 14.6. The van der Waals surface area contributed by atoms with Gasteiger partial charge in [-0.25, -0.2) is 8.42 Å². The van der Waals surface area contributed by atoms with Crippen molar-refractivity contribution in [2.24, 2.45) is 0 Å². The number of para-hydroxylation sites is 1. The number of nitrogens with zero attached hydrogens (tertiary/aromatic N) is 2. The van der Waals surface area contributed by atoms with E-state index in [1.807, 2.05) is 0 Å². The Morgan fingerprint density at radius 2 is 1.20 bits per heavy atom. The first-order chi connectivity index (χ1) is 23.5. The summed E-state index contributed by atoms with van der Waals surface area (Å²) in [4.78, 5) is 12.5. The maximum Gasteiger partial charge on any atom is 2.00 e. The molecule has 0 amide bonds. The summed E-state index contributed by atoms with van der Waals surface area (Å²) < 4.78 is 92.4. The van der Waals surface area contributed by atoms with Crippen LogP contribution in [0.5, 0.6) is 5.75 Å². The van der Waals surface area contributed by atoms with Crippen molar-refractivity contribution in [3.8, 4) is 28.3 Å². The summed E-state index contributed by atoms with van der Waals surface area (Å²) in [5.41, 5.74) is -0.517. The Labute approximate surface area is 304 Å². The van der Waals surface area contributed by atoms with Gasteiger partial charge in [0.1, 0.15) is 0 Å². The van der Waals surface area contributed by atoms with Crippen LogP contribution < -0.4 is 4.89 Å². The third-order valence-corrected chi connectivity index (χ3v) is 10.0. The van der Waals surface area contributed by atoms with Crippen LogP contribution in [0.1, 0.15) is 25.2 Å². The first kappa shape index (κ1) is 36.9. The van der Waals surface area contributed by atoms with Crippen LogP contribution in [-0.2, 0) is 40.7 Å². The van der Waals surface area contributed by atoms with Gasteiger partial charge in [0, 0.05) is 21.7 Å². The molecule has 6 rings (SSSR count). The molecule has 2 aromatic heterocycles. The van der Waals surface area contributed by atoms with Gasteiger partial charge >= 0.3 is 21.1 Å². The van der Waals surface area contributed by atoms with Crippen molar-refractivity contribution >= 4 is 21.9 Å². The molecule has 256 valence electrons. The van der Waals surface area contributed by atoms with Crippen molar-refractivity contribution in [2.75, 3.05) is 0 Å². The molecule has 0 aliphatic carbocycles. The normalized spacial score (nSPS) is 11.6. The molecular weight excluding hydrogens is 872 g/mol. The van der Waals surface area contributed by atoms with Crippen molar-refractivity contribution in [1.82, 2.24) is 9.97 Å². The summed E-state index contributed by atoms with van der Waals surface area (Å²) in [7, 11) is -4.55. The van der Waals surface area contributed by atoms with Crippen LogP contribution in [-0.4, -0.2) is 18.4 Å². The fourth-order valence-corrected chi connectivity index (χ4v) is 6.82. The van der Waals surface area contributed by atoms with E-state index in [2.05, 4.69) is 22.1 Å². The number of pyridine rings is 2. The number of hydrogen-bond donors (Lipinski definition) is 0. The van der Waals surface area contributed by atoms with Crippen molar-refractivity contribution in [3.05, 3.63) is 156 Å². The minimum absolute atomic E-state index is 0. The van der Waals surface area contributed by atoms with Gasteiger partial charge in [0.05, 0.1) is 45.1 Å². The van der Waals surface area contributed by atoms with E-state index in [0.717, 1.165) is 12.1 Å². The van der Waals surface area contributed by atoms with Gasteiger partial charge in [0.25, 0.3) is 0 Å². The number of aromatic nitrogens is 2. The minimum Gasteiger partial charge on any atom is -0.325 e. The molecule has 0 aliphatic rings. The predicted octanol–water partition coefficient (Wildman–Crippen LogP) is 9.14. The van der Waals surface area contributed by atoms with Gasteiger partial charge in [-0.3, -0.25) is 17.6 Å². The molecule has 0 aliphatic heterocycles. The standard InChI is InChI=1S/C37H24F4N2O4S2.Pt/c1-37(2,31-17-9-15-29(42-31)25-19-21-27(38)35(33(25)40)48-47-46-23-11-5-3-6-12-23)32-18-10-16-30(43-32)26-20-22-28(39)36(34(26)41)49(44,45)24-13-7-4-8-14-24;/h3-18,21-22H,1-2H3;/q-2;+2. The van der Waals surface area contributed by atoms with Crippen LogP contribution >= 0.6 is 12.0 Å². The third kappa shape index (κ3) is 7.39. The molecule has 6 nitrogen and oxygen atoms in total. The van der Waals surface area contributed by atoms with Gasteiger partial charge < -0.3 is 14.9 Å². The van der Waals surface area contributed by atoms with E-state index in [4.69, 9.17) is 9.22 Å². The van der Waals surface area contributed by atoms with Gasteiger partial charge in [0.2, 0.25) is 0 Å². The van der Waals surface area contributed by atoms with Gasteiger partial charge in [0.15, 0.2) is 15.6 Å². The summed E-state index contributed by atoms with van der Waals surface area (Å²) in [5.74, 6) is -4.16. The van der Waals surface area contributed by atoms with Crippen molar-refractivity contribution in [3.63, 3.8) is 0 Å². The fourth-order valence-electron chi connectivity index (χ4n) is 4.92. The zero-order valence-electron chi connectivity index (χ0n) is 26.1. The molecule has 0 radical (unpaired) electrons. The molecule has 0 atom stereocenters. The van der Waals surface area contributed by atoms with E-state index in [9.17, 15) is 17.2 Å². The van der Waals surface area contributed by atoms with E-state index in [1.54, 1.807) is 74.5 Å². The molecular formula is C37H24F4N2O4PtS2. The number of hydrogen-bond acceptors (Lipinski definition) is 7. The number of rotatable bonds is 10. The summed E-state index contributed by atoms with van der Waals surface area (Å²) in [6, 6.07) is 31.7. The van der Waals surface area contributed by atoms with Crippen LogP contribution in [0.15, 0.2) is 124 Å². The maximum atomic E-state index is 15.9. The summed E-state index contributed by atoms with van der Waals surface area (Å²) >= 11 is 0.362. The maximum absolute atomic E-state index is 15.9. The van der Waals surface area contributed by atoms with E-state index in [1.165, 1.54) is 36.4 Å². The van der Waals surface area contributed by atoms with Crippen molar-refractivity contribution in [1.29, 1.82) is 0 Å². The summed E-state index contributed by atoms with van der Waals surface area (Å²) in [6.45, 7) is 3.56. The molecule has 0 unspecified atom stereocenters. The number of benzene rings is 4. The van der Waals surface area contributed by atoms with Crippen LogP contribution in [0.4, 0.5) is 17.6 Å². The Morgan fingerprint density at radius 3 is 1.78 bits per heavy atom. The zero-order valence-corrected chi connectivity index (χ0v) is 30.0. The van der Waals surface area contributed by atoms with E-state index in [-0.39, 0.29) is 48.5 Å². The third-order valence-electron chi connectivity index (χ3n) is 7.56. The zero-order chi connectivity index (χ0) is 34.8. The van der Waals surface area contributed by atoms with Crippen LogP contribution in [0.3, 0.4) is 0 Å². The Bertz CT molecular complexity index is 2260. The molecule has 0 spiro atoms. The average molecular weight is 896 g/mol. The molecule has 2 heterocycles. The second-order valence-electron chi connectivity index (χ2n) is 11.1. The van der Waals surface area contributed by atoms with Gasteiger partial charge in [-0.15, -0.1) is 28.6 Å². The monoisotopic (exact) mass is 895 g/mol. The Balaban J connectivity index is 0.00000486. The van der Waals surface area contributed by atoms with Crippen LogP contribution in [0.25, 0.3) is 22.5 Å². The summed E-state index contributed by atoms with van der Waals surface area (Å²) in [5, 5.41) is 0. The topological polar surface area (TPSA) is 78.4 Å². The average Bonchev–Trinajstić information content (AvgIpc) is 3.10. The SMILES string of the molecule is CC(C)(c1cccc(-c2[c-]cc(F)c(SOOc3ccccc3)c2F)n1)c1cccc(-c2[c-]cc(F)c(S(=O)(=O)c3ccccc3)c2F)n1.[Pt+2]. The van der Waals surface area contributed by atoms with Gasteiger partial charge in [-0.2, -0.15) is 0 Å². The number of halogens is 4. The molecule has 0 saturated carbocycles. The Hall–Kier alpha value is -4.35. The quantitative estimate of drug-likeness (QED) is 0.0447. The molecule has 6 aromatic rings.